The van der Waals surface area contributed by atoms with Crippen LogP contribution in [0.25, 0.3) is 6.08 Å². The van der Waals surface area contributed by atoms with E-state index in [1.807, 2.05) is 31.2 Å². The monoisotopic (exact) mass is 451 g/mol. The number of nitrogens with zero attached hydrogens (tertiary/aromatic N) is 1. The van der Waals surface area contributed by atoms with Crippen LogP contribution in [0.4, 0.5) is 0 Å². The Balaban J connectivity index is 1.62. The molecule has 0 radical (unpaired) electrons. The number of para-hydroxylation sites is 1. The fourth-order valence-electron chi connectivity index (χ4n) is 2.88. The summed E-state index contributed by atoms with van der Waals surface area (Å²) >= 11 is 12.0. The Bertz CT molecular complexity index is 1250. The summed E-state index contributed by atoms with van der Waals surface area (Å²) < 4.78 is 10.8. The second kappa shape index (κ2) is 8.76. The van der Waals surface area contributed by atoms with Gasteiger partial charge in [-0.2, -0.15) is 0 Å². The van der Waals surface area contributed by atoms with Crippen molar-refractivity contribution in [3.8, 4) is 5.75 Å². The number of cyclic esters (lactones) is 1. The molecule has 1 aliphatic heterocycles. The molecule has 0 aliphatic carbocycles. The molecule has 0 saturated heterocycles. The van der Waals surface area contributed by atoms with E-state index in [9.17, 15) is 9.59 Å². The second-order valence-corrected chi connectivity index (χ2v) is 7.60. The van der Waals surface area contributed by atoms with Gasteiger partial charge in [0.1, 0.15) is 5.75 Å². The zero-order chi connectivity index (χ0) is 22.0. The first kappa shape index (κ1) is 20.8. The third kappa shape index (κ3) is 4.68. The lowest BCUT2D eigenvalue weighted by atomic mass is 10.1. The number of ether oxygens (including phenoxy) is 2. The van der Waals surface area contributed by atoms with Crippen molar-refractivity contribution in [2.24, 2.45) is 4.99 Å². The van der Waals surface area contributed by atoms with Crippen molar-refractivity contribution in [1.29, 1.82) is 0 Å². The normalized spacial score (nSPS) is 14.4. The van der Waals surface area contributed by atoms with E-state index >= 15 is 0 Å². The van der Waals surface area contributed by atoms with Crippen LogP contribution >= 0.6 is 23.2 Å². The molecular formula is C24H15Cl2NO4. The quantitative estimate of drug-likeness (QED) is 0.282. The summed E-state index contributed by atoms with van der Waals surface area (Å²) in [5.41, 5.74) is 2.54. The number of halogens is 2. The molecule has 0 atom stereocenters. The van der Waals surface area contributed by atoms with Crippen molar-refractivity contribution in [1.82, 2.24) is 0 Å². The molecule has 0 amide bonds. The summed E-state index contributed by atoms with van der Waals surface area (Å²) in [5.74, 6) is -0.765. The van der Waals surface area contributed by atoms with Crippen LogP contribution in [0.1, 0.15) is 27.0 Å². The van der Waals surface area contributed by atoms with Crippen LogP contribution in [-0.4, -0.2) is 17.8 Å². The molecule has 0 fully saturated rings. The van der Waals surface area contributed by atoms with Gasteiger partial charge in [-0.05, 0) is 49.4 Å². The number of rotatable bonds is 4. The largest absolute Gasteiger partial charge is 0.422 e. The number of carbonyl (C=O) groups is 2. The van der Waals surface area contributed by atoms with E-state index in [4.69, 9.17) is 32.7 Å². The topological polar surface area (TPSA) is 65.0 Å². The smallest absolute Gasteiger partial charge is 0.363 e. The molecule has 5 nitrogen and oxygen atoms in total. The Morgan fingerprint density at radius 3 is 2.52 bits per heavy atom. The molecule has 3 aromatic rings. The summed E-state index contributed by atoms with van der Waals surface area (Å²) in [6.07, 6.45) is 1.51. The third-order valence-electron chi connectivity index (χ3n) is 4.48. The number of carbonyl (C=O) groups excluding carboxylic acids is 2. The number of esters is 2. The summed E-state index contributed by atoms with van der Waals surface area (Å²) in [6.45, 7) is 1.97. The predicted molar refractivity (Wildman–Crippen MR) is 120 cm³/mol. The van der Waals surface area contributed by atoms with Crippen LogP contribution < -0.4 is 4.74 Å². The van der Waals surface area contributed by atoms with Gasteiger partial charge in [-0.15, -0.1) is 0 Å². The molecule has 0 saturated carbocycles. The van der Waals surface area contributed by atoms with Crippen LogP contribution in [0.3, 0.4) is 0 Å². The lowest BCUT2D eigenvalue weighted by Crippen LogP contribution is -2.10. The minimum atomic E-state index is -0.648. The average molecular weight is 452 g/mol. The Hall–Kier alpha value is -3.41. The summed E-state index contributed by atoms with van der Waals surface area (Å²) in [4.78, 5) is 29.2. The van der Waals surface area contributed by atoms with Gasteiger partial charge >= 0.3 is 11.9 Å². The number of hydrogen-bond donors (Lipinski definition) is 0. The first-order valence-corrected chi connectivity index (χ1v) is 10.0. The SMILES string of the molecule is Cc1ccc(C2=N/C(=C/c3ccccc3OC(=O)c3ccc(Cl)cc3Cl)C(=O)O2)cc1. The number of aliphatic imine (C=N–C) groups is 1. The van der Waals surface area contributed by atoms with Crippen molar-refractivity contribution < 1.29 is 19.1 Å². The maximum atomic E-state index is 12.6. The van der Waals surface area contributed by atoms with Crippen LogP contribution in [0.2, 0.25) is 10.0 Å². The van der Waals surface area contributed by atoms with E-state index in [1.54, 1.807) is 30.3 Å². The second-order valence-electron chi connectivity index (χ2n) is 6.75. The number of benzene rings is 3. The van der Waals surface area contributed by atoms with Crippen molar-refractivity contribution in [2.75, 3.05) is 0 Å². The fraction of sp³-hybridized carbons (Fsp3) is 0.0417. The molecule has 0 spiro atoms. The van der Waals surface area contributed by atoms with E-state index < -0.39 is 11.9 Å². The highest BCUT2D eigenvalue weighted by Crippen LogP contribution is 2.27. The van der Waals surface area contributed by atoms with E-state index in [0.717, 1.165) is 5.56 Å². The molecule has 1 aliphatic rings. The van der Waals surface area contributed by atoms with Gasteiger partial charge in [0.25, 0.3) is 0 Å². The van der Waals surface area contributed by atoms with E-state index in [1.165, 1.54) is 18.2 Å². The minimum Gasteiger partial charge on any atom is -0.422 e. The molecular weight excluding hydrogens is 437 g/mol. The van der Waals surface area contributed by atoms with E-state index in [2.05, 4.69) is 4.99 Å². The summed E-state index contributed by atoms with van der Waals surface area (Å²) in [5, 5.41) is 0.591. The van der Waals surface area contributed by atoms with Gasteiger partial charge in [0.05, 0.1) is 10.6 Å². The summed E-state index contributed by atoms with van der Waals surface area (Å²) in [7, 11) is 0. The first-order chi connectivity index (χ1) is 14.9. The van der Waals surface area contributed by atoms with Gasteiger partial charge in [0, 0.05) is 16.1 Å². The van der Waals surface area contributed by atoms with Gasteiger partial charge in [0.2, 0.25) is 5.90 Å². The van der Waals surface area contributed by atoms with Crippen molar-refractivity contribution >= 4 is 47.1 Å². The average Bonchev–Trinajstić information content (AvgIpc) is 3.10. The lowest BCUT2D eigenvalue weighted by Gasteiger charge is -2.09. The Morgan fingerprint density at radius 2 is 1.77 bits per heavy atom. The maximum Gasteiger partial charge on any atom is 0.363 e. The molecule has 154 valence electrons. The predicted octanol–water partition coefficient (Wildman–Crippen LogP) is 5.87. The van der Waals surface area contributed by atoms with Gasteiger partial charge in [0.15, 0.2) is 5.70 Å². The summed E-state index contributed by atoms with van der Waals surface area (Å²) in [6, 6.07) is 18.7. The third-order valence-corrected chi connectivity index (χ3v) is 5.03. The fourth-order valence-corrected chi connectivity index (χ4v) is 3.36. The van der Waals surface area contributed by atoms with Gasteiger partial charge in [-0.1, -0.05) is 59.1 Å². The van der Waals surface area contributed by atoms with Gasteiger partial charge in [-0.3, -0.25) is 0 Å². The Morgan fingerprint density at radius 1 is 1.03 bits per heavy atom. The molecule has 7 heteroatoms. The van der Waals surface area contributed by atoms with Crippen LogP contribution in [0.15, 0.2) is 77.4 Å². The number of hydrogen-bond acceptors (Lipinski definition) is 5. The highest BCUT2D eigenvalue weighted by atomic mass is 35.5. The minimum absolute atomic E-state index is 0.101. The Labute approximate surface area is 188 Å². The molecule has 1 heterocycles. The molecule has 4 rings (SSSR count). The molecule has 0 bridgehead atoms. The van der Waals surface area contributed by atoms with E-state index in [-0.39, 0.29) is 27.9 Å². The molecule has 0 unspecified atom stereocenters. The zero-order valence-electron chi connectivity index (χ0n) is 16.3. The molecule has 0 N–H and O–H groups in total. The first-order valence-electron chi connectivity index (χ1n) is 9.26. The number of aryl methyl sites for hydroxylation is 1. The highest BCUT2D eigenvalue weighted by Gasteiger charge is 2.25. The Kier molecular flexibility index (Phi) is 5.89. The van der Waals surface area contributed by atoms with Crippen LogP contribution in [-0.2, 0) is 9.53 Å². The molecule has 0 aromatic heterocycles. The van der Waals surface area contributed by atoms with Crippen molar-refractivity contribution in [3.05, 3.63) is 105 Å². The molecule has 3 aromatic carbocycles. The van der Waals surface area contributed by atoms with Crippen molar-refractivity contribution in [3.63, 3.8) is 0 Å². The maximum absolute atomic E-state index is 12.6. The zero-order valence-corrected chi connectivity index (χ0v) is 17.8. The highest BCUT2D eigenvalue weighted by molar-refractivity contribution is 6.36. The lowest BCUT2D eigenvalue weighted by molar-refractivity contribution is -0.129. The van der Waals surface area contributed by atoms with Crippen LogP contribution in [0.5, 0.6) is 5.75 Å². The van der Waals surface area contributed by atoms with Gasteiger partial charge in [-0.25, -0.2) is 14.6 Å². The van der Waals surface area contributed by atoms with Crippen LogP contribution in [0, 0.1) is 6.92 Å². The molecule has 31 heavy (non-hydrogen) atoms. The van der Waals surface area contributed by atoms with Gasteiger partial charge < -0.3 is 9.47 Å². The van der Waals surface area contributed by atoms with Crippen molar-refractivity contribution in [2.45, 2.75) is 6.92 Å². The standard InChI is InChI=1S/C24H15Cl2NO4/c1-14-6-8-15(9-7-14)22-27-20(24(29)31-22)12-16-4-2-3-5-21(16)30-23(28)18-11-10-17(25)13-19(18)26/h2-13H,1H3/b20-12+. The van der Waals surface area contributed by atoms with E-state index in [0.29, 0.717) is 16.1 Å².